The number of H-pyrrole nitrogens is 1. The molecule has 134 valence electrons. The van der Waals surface area contributed by atoms with Crippen molar-refractivity contribution in [2.45, 2.75) is 19.3 Å². The van der Waals surface area contributed by atoms with E-state index in [0.29, 0.717) is 22.0 Å². The van der Waals surface area contributed by atoms with Gasteiger partial charge in [-0.2, -0.15) is 0 Å². The first-order valence-corrected chi connectivity index (χ1v) is 9.26. The predicted octanol–water partition coefficient (Wildman–Crippen LogP) is 3.77. The highest BCUT2D eigenvalue weighted by Gasteiger charge is 2.22. The molecule has 3 aromatic rings. The molecule has 1 amide bonds. The van der Waals surface area contributed by atoms with Crippen LogP contribution < -0.4 is 10.6 Å². The number of rotatable bonds is 4. The van der Waals surface area contributed by atoms with E-state index in [4.69, 9.17) is 17.3 Å². The molecule has 1 aromatic heterocycles. The number of aromatic nitrogens is 2. The Morgan fingerprint density at radius 2 is 1.96 bits per heavy atom. The summed E-state index contributed by atoms with van der Waals surface area (Å²) in [4.78, 5) is 21.7. The van der Waals surface area contributed by atoms with E-state index in [2.05, 4.69) is 45.2 Å². The second kappa shape index (κ2) is 7.00. The fraction of sp³-hybridized carbons (Fsp3) is 0.300. The molecule has 2 aromatic carbocycles. The van der Waals surface area contributed by atoms with Gasteiger partial charge in [-0.3, -0.25) is 4.79 Å². The summed E-state index contributed by atoms with van der Waals surface area (Å²) < 4.78 is 0. The van der Waals surface area contributed by atoms with Crippen LogP contribution in [0.15, 0.2) is 42.5 Å². The number of primary amides is 1. The molecule has 0 bridgehead atoms. The average Bonchev–Trinajstić information content (AvgIpc) is 3.05. The zero-order valence-corrected chi connectivity index (χ0v) is 15.2. The lowest BCUT2D eigenvalue weighted by atomic mass is 9.90. The molecule has 0 radical (unpaired) electrons. The Labute approximate surface area is 157 Å². The molecule has 5 nitrogen and oxygen atoms in total. The lowest BCUT2D eigenvalue weighted by Crippen LogP contribution is -2.35. The number of amides is 1. The van der Waals surface area contributed by atoms with Crippen molar-refractivity contribution in [3.63, 3.8) is 0 Å². The molecule has 1 aliphatic heterocycles. The van der Waals surface area contributed by atoms with Crippen molar-refractivity contribution in [2.75, 3.05) is 18.0 Å². The first kappa shape index (κ1) is 16.9. The molecular formula is C20H21ClN4O. The van der Waals surface area contributed by atoms with Gasteiger partial charge in [0, 0.05) is 13.1 Å². The third kappa shape index (κ3) is 3.40. The Kier molecular flexibility index (Phi) is 4.55. The van der Waals surface area contributed by atoms with Gasteiger partial charge >= 0.3 is 0 Å². The number of carbonyl (C=O) groups excluding carboxylic acids is 1. The van der Waals surface area contributed by atoms with Crippen LogP contribution in [0, 0.1) is 5.92 Å². The Morgan fingerprint density at radius 3 is 2.65 bits per heavy atom. The number of nitrogens with zero attached hydrogens (tertiary/aromatic N) is 2. The molecule has 2 heterocycles. The van der Waals surface area contributed by atoms with E-state index >= 15 is 0 Å². The molecule has 0 atom stereocenters. The summed E-state index contributed by atoms with van der Waals surface area (Å²) in [6.07, 6.45) is 3.41. The first-order chi connectivity index (χ1) is 12.6. The minimum Gasteiger partial charge on any atom is -0.366 e. The monoisotopic (exact) mass is 368 g/mol. The van der Waals surface area contributed by atoms with Crippen LogP contribution in [0.1, 0.15) is 28.8 Å². The molecule has 3 N–H and O–H groups in total. The number of imidazole rings is 1. The van der Waals surface area contributed by atoms with Crippen LogP contribution in [0.2, 0.25) is 5.02 Å². The average molecular weight is 369 g/mol. The fourth-order valence-corrected chi connectivity index (χ4v) is 3.91. The number of anilines is 1. The van der Waals surface area contributed by atoms with E-state index in [9.17, 15) is 4.79 Å². The van der Waals surface area contributed by atoms with Gasteiger partial charge in [0.1, 0.15) is 0 Å². The number of hydrogen-bond donors (Lipinski definition) is 2. The van der Waals surface area contributed by atoms with Gasteiger partial charge in [-0.1, -0.05) is 41.9 Å². The van der Waals surface area contributed by atoms with Gasteiger partial charge in [-0.15, -0.1) is 0 Å². The van der Waals surface area contributed by atoms with Gasteiger partial charge < -0.3 is 15.6 Å². The highest BCUT2D eigenvalue weighted by Crippen LogP contribution is 2.28. The van der Waals surface area contributed by atoms with Gasteiger partial charge in [0.2, 0.25) is 11.9 Å². The topological polar surface area (TPSA) is 75.0 Å². The van der Waals surface area contributed by atoms with E-state index in [0.717, 1.165) is 43.8 Å². The third-order valence-corrected chi connectivity index (χ3v) is 5.42. The molecule has 1 fully saturated rings. The van der Waals surface area contributed by atoms with E-state index in [1.54, 1.807) is 12.1 Å². The van der Waals surface area contributed by atoms with Crippen molar-refractivity contribution < 1.29 is 4.79 Å². The lowest BCUT2D eigenvalue weighted by Gasteiger charge is -2.31. The zero-order valence-electron chi connectivity index (χ0n) is 14.4. The second-order valence-corrected chi connectivity index (χ2v) is 7.30. The van der Waals surface area contributed by atoms with E-state index < -0.39 is 5.91 Å². The van der Waals surface area contributed by atoms with Crippen molar-refractivity contribution in [3.8, 4) is 0 Å². The molecule has 0 unspecified atom stereocenters. The second-order valence-electron chi connectivity index (χ2n) is 6.89. The van der Waals surface area contributed by atoms with Crippen LogP contribution in [0.5, 0.6) is 0 Å². The third-order valence-electron chi connectivity index (χ3n) is 5.10. The standard InChI is InChI=1S/C20H21ClN4O/c21-16-12-18-17(11-15(16)19(22)26)23-20(24-18)25-8-6-14(7-9-25)10-13-4-2-1-3-5-13/h1-5,11-12,14H,6-10H2,(H2,22,26)(H,23,24). The minimum absolute atomic E-state index is 0.304. The summed E-state index contributed by atoms with van der Waals surface area (Å²) in [5.74, 6) is 0.993. The lowest BCUT2D eigenvalue weighted by molar-refractivity contribution is 0.100. The van der Waals surface area contributed by atoms with Crippen molar-refractivity contribution >= 4 is 34.5 Å². The minimum atomic E-state index is -0.539. The maximum atomic E-state index is 11.4. The SMILES string of the molecule is NC(=O)c1cc2nc(N3CCC(Cc4ccccc4)CC3)[nH]c2cc1Cl. The molecular weight excluding hydrogens is 348 g/mol. The summed E-state index contributed by atoms with van der Waals surface area (Å²) in [5, 5.41) is 0.349. The van der Waals surface area contributed by atoms with E-state index in [-0.39, 0.29) is 0 Å². The molecule has 1 saturated heterocycles. The van der Waals surface area contributed by atoms with Crippen molar-refractivity contribution in [3.05, 3.63) is 58.6 Å². The number of aromatic amines is 1. The maximum absolute atomic E-state index is 11.4. The highest BCUT2D eigenvalue weighted by atomic mass is 35.5. The highest BCUT2D eigenvalue weighted by molar-refractivity contribution is 6.34. The van der Waals surface area contributed by atoms with Crippen LogP contribution in [-0.2, 0) is 6.42 Å². The summed E-state index contributed by atoms with van der Waals surface area (Å²) >= 11 is 6.13. The van der Waals surface area contributed by atoms with Crippen molar-refractivity contribution in [2.24, 2.45) is 11.7 Å². The van der Waals surface area contributed by atoms with Gasteiger partial charge in [0.15, 0.2) is 0 Å². The summed E-state index contributed by atoms with van der Waals surface area (Å²) in [6.45, 7) is 1.93. The predicted molar refractivity (Wildman–Crippen MR) is 105 cm³/mol. The largest absolute Gasteiger partial charge is 0.366 e. The van der Waals surface area contributed by atoms with E-state index in [1.807, 2.05) is 0 Å². The van der Waals surface area contributed by atoms with Gasteiger partial charge in [0.05, 0.1) is 21.6 Å². The molecule has 6 heteroatoms. The van der Waals surface area contributed by atoms with Crippen LogP contribution in [-0.4, -0.2) is 29.0 Å². The quantitative estimate of drug-likeness (QED) is 0.736. The van der Waals surface area contributed by atoms with Crippen molar-refractivity contribution in [1.82, 2.24) is 9.97 Å². The molecule has 4 rings (SSSR count). The molecule has 0 saturated carbocycles. The Hall–Kier alpha value is -2.53. The molecule has 1 aliphatic rings. The number of fused-ring (bicyclic) bond motifs is 1. The number of carbonyl (C=O) groups is 1. The number of piperidine rings is 1. The maximum Gasteiger partial charge on any atom is 0.250 e. The number of hydrogen-bond acceptors (Lipinski definition) is 3. The van der Waals surface area contributed by atoms with Crippen LogP contribution in [0.4, 0.5) is 5.95 Å². The molecule has 0 spiro atoms. The van der Waals surface area contributed by atoms with Crippen LogP contribution in [0.25, 0.3) is 11.0 Å². The van der Waals surface area contributed by atoms with Crippen LogP contribution >= 0.6 is 11.6 Å². The number of nitrogens with one attached hydrogen (secondary N) is 1. The fourth-order valence-electron chi connectivity index (χ4n) is 3.65. The number of nitrogens with two attached hydrogens (primary N) is 1. The molecule has 0 aliphatic carbocycles. The normalized spacial score (nSPS) is 15.5. The summed E-state index contributed by atoms with van der Waals surface area (Å²) in [6, 6.07) is 14.0. The zero-order chi connectivity index (χ0) is 18.1. The Balaban J connectivity index is 1.46. The van der Waals surface area contributed by atoms with Gasteiger partial charge in [-0.05, 0) is 42.9 Å². The summed E-state index contributed by atoms with van der Waals surface area (Å²) in [5.41, 5.74) is 8.61. The number of halogens is 1. The first-order valence-electron chi connectivity index (χ1n) is 8.88. The van der Waals surface area contributed by atoms with Crippen LogP contribution in [0.3, 0.4) is 0 Å². The summed E-state index contributed by atoms with van der Waals surface area (Å²) in [7, 11) is 0. The van der Waals surface area contributed by atoms with Gasteiger partial charge in [0.25, 0.3) is 0 Å². The van der Waals surface area contributed by atoms with E-state index in [1.165, 1.54) is 5.56 Å². The molecule has 26 heavy (non-hydrogen) atoms. The smallest absolute Gasteiger partial charge is 0.250 e. The van der Waals surface area contributed by atoms with Gasteiger partial charge in [-0.25, -0.2) is 4.98 Å². The Morgan fingerprint density at radius 1 is 1.23 bits per heavy atom. The Bertz CT molecular complexity index is 930. The number of benzene rings is 2. The van der Waals surface area contributed by atoms with Crippen molar-refractivity contribution in [1.29, 1.82) is 0 Å².